The summed E-state index contributed by atoms with van der Waals surface area (Å²) in [4.78, 5) is 42.3. The Kier molecular flexibility index (Phi) is 5.01. The van der Waals surface area contributed by atoms with Crippen LogP contribution in [0.15, 0.2) is 53.1 Å². The second kappa shape index (κ2) is 7.75. The first-order valence-electron chi connectivity index (χ1n) is 9.34. The highest BCUT2D eigenvalue weighted by atomic mass is 16.3. The summed E-state index contributed by atoms with van der Waals surface area (Å²) in [5.41, 5.74) is 1.14. The maximum absolute atomic E-state index is 12.6. The molecule has 0 aliphatic carbocycles. The van der Waals surface area contributed by atoms with Gasteiger partial charge in [0.25, 0.3) is 5.91 Å². The molecule has 1 unspecified atom stereocenters. The number of furan rings is 1. The molecule has 2 aliphatic heterocycles. The van der Waals surface area contributed by atoms with E-state index in [-0.39, 0.29) is 18.9 Å². The van der Waals surface area contributed by atoms with Gasteiger partial charge in [-0.15, -0.1) is 0 Å². The Morgan fingerprint density at radius 1 is 1.04 bits per heavy atom. The predicted molar refractivity (Wildman–Crippen MR) is 101 cm³/mol. The Morgan fingerprint density at radius 2 is 1.79 bits per heavy atom. The van der Waals surface area contributed by atoms with Crippen molar-refractivity contribution in [2.24, 2.45) is 0 Å². The number of carbonyl (C=O) groups is 3. The number of imide groups is 1. The molecule has 1 N–H and O–H groups in total. The number of hydrogen-bond acceptors (Lipinski definition) is 5. The minimum absolute atomic E-state index is 0.0232. The van der Waals surface area contributed by atoms with Crippen molar-refractivity contribution in [2.75, 3.05) is 31.1 Å². The van der Waals surface area contributed by atoms with Gasteiger partial charge in [0.1, 0.15) is 11.8 Å². The van der Waals surface area contributed by atoms with Crippen LogP contribution >= 0.6 is 0 Å². The summed E-state index contributed by atoms with van der Waals surface area (Å²) in [5, 5.41) is 2.61. The third-order valence-corrected chi connectivity index (χ3v) is 5.13. The molecular formula is C20H22N4O4. The molecule has 8 nitrogen and oxygen atoms in total. The van der Waals surface area contributed by atoms with Crippen LogP contribution in [0.25, 0.3) is 0 Å². The van der Waals surface area contributed by atoms with Crippen LogP contribution in [0.2, 0.25) is 0 Å². The van der Waals surface area contributed by atoms with Crippen molar-refractivity contribution in [3.05, 3.63) is 54.5 Å². The van der Waals surface area contributed by atoms with E-state index in [9.17, 15) is 14.4 Å². The molecule has 2 saturated heterocycles. The first kappa shape index (κ1) is 18.1. The van der Waals surface area contributed by atoms with E-state index in [2.05, 4.69) is 22.3 Å². The van der Waals surface area contributed by atoms with Gasteiger partial charge < -0.3 is 19.5 Å². The quantitative estimate of drug-likeness (QED) is 0.791. The van der Waals surface area contributed by atoms with E-state index in [1.807, 2.05) is 18.2 Å². The van der Waals surface area contributed by atoms with Crippen molar-refractivity contribution in [3.63, 3.8) is 0 Å². The largest absolute Gasteiger partial charge is 0.467 e. The van der Waals surface area contributed by atoms with Crippen LogP contribution in [0, 0.1) is 0 Å². The first-order valence-corrected chi connectivity index (χ1v) is 9.34. The van der Waals surface area contributed by atoms with Crippen molar-refractivity contribution in [1.82, 2.24) is 15.1 Å². The Morgan fingerprint density at radius 3 is 2.46 bits per heavy atom. The fraction of sp³-hybridized carbons (Fsp3) is 0.350. The van der Waals surface area contributed by atoms with Gasteiger partial charge in [-0.3, -0.25) is 14.5 Å². The van der Waals surface area contributed by atoms with E-state index >= 15 is 0 Å². The molecule has 0 spiro atoms. The highest BCUT2D eigenvalue weighted by molar-refractivity contribution is 6.05. The van der Waals surface area contributed by atoms with Gasteiger partial charge in [0.15, 0.2) is 0 Å². The average Bonchev–Trinajstić information content (AvgIpc) is 3.33. The maximum atomic E-state index is 12.6. The van der Waals surface area contributed by atoms with Crippen molar-refractivity contribution < 1.29 is 18.8 Å². The minimum atomic E-state index is -0.817. The van der Waals surface area contributed by atoms with Crippen LogP contribution in [0.5, 0.6) is 0 Å². The number of para-hydroxylation sites is 1. The molecule has 3 heterocycles. The zero-order chi connectivity index (χ0) is 19.5. The highest BCUT2D eigenvalue weighted by Crippen LogP contribution is 2.18. The number of benzene rings is 1. The van der Waals surface area contributed by atoms with Crippen LogP contribution in [0.4, 0.5) is 10.5 Å². The zero-order valence-electron chi connectivity index (χ0n) is 15.4. The maximum Gasteiger partial charge on any atom is 0.325 e. The van der Waals surface area contributed by atoms with Crippen molar-refractivity contribution in [3.8, 4) is 0 Å². The number of nitrogens with zero attached hydrogens (tertiary/aromatic N) is 3. The number of urea groups is 1. The summed E-state index contributed by atoms with van der Waals surface area (Å²) < 4.78 is 5.20. The Labute approximate surface area is 162 Å². The van der Waals surface area contributed by atoms with Gasteiger partial charge in [0, 0.05) is 31.9 Å². The predicted octanol–water partition coefficient (Wildman–Crippen LogP) is 1.44. The number of piperazine rings is 1. The summed E-state index contributed by atoms with van der Waals surface area (Å²) in [7, 11) is 0. The van der Waals surface area contributed by atoms with E-state index in [1.165, 1.54) is 6.26 Å². The fourth-order valence-corrected chi connectivity index (χ4v) is 3.58. The number of carbonyl (C=O) groups excluding carboxylic acids is 3. The lowest BCUT2D eigenvalue weighted by atomic mass is 10.1. The van der Waals surface area contributed by atoms with Gasteiger partial charge in [0.2, 0.25) is 5.91 Å². The molecule has 8 heteroatoms. The standard InChI is InChI=1S/C20H22N4O4/c25-18(23-10-8-22(9-11-23)15-5-2-1-3-6-15)13-17-19(26)24(20(27)21-17)14-16-7-4-12-28-16/h1-7,12,17H,8-11,13-14H2,(H,21,27). The second-order valence-corrected chi connectivity index (χ2v) is 6.91. The number of hydrogen-bond donors (Lipinski definition) is 1. The lowest BCUT2D eigenvalue weighted by Gasteiger charge is -2.36. The SMILES string of the molecule is O=C(CC1NC(=O)N(Cc2ccco2)C1=O)N1CCN(c2ccccc2)CC1. The topological polar surface area (TPSA) is 86.1 Å². The van der Waals surface area contributed by atoms with Crippen molar-refractivity contribution in [1.29, 1.82) is 0 Å². The van der Waals surface area contributed by atoms with Crippen LogP contribution < -0.4 is 10.2 Å². The number of nitrogens with one attached hydrogen (secondary N) is 1. The molecule has 1 aromatic heterocycles. The Balaban J connectivity index is 1.30. The van der Waals surface area contributed by atoms with Gasteiger partial charge in [-0.25, -0.2) is 4.79 Å². The summed E-state index contributed by atoms with van der Waals surface area (Å²) in [6, 6.07) is 12.2. The van der Waals surface area contributed by atoms with E-state index in [4.69, 9.17) is 4.42 Å². The van der Waals surface area contributed by atoms with Crippen molar-refractivity contribution >= 4 is 23.5 Å². The summed E-state index contributed by atoms with van der Waals surface area (Å²) >= 11 is 0. The zero-order valence-corrected chi connectivity index (χ0v) is 15.4. The van der Waals surface area contributed by atoms with E-state index in [0.717, 1.165) is 23.7 Å². The molecule has 4 rings (SSSR count). The van der Waals surface area contributed by atoms with Crippen molar-refractivity contribution in [2.45, 2.75) is 19.0 Å². The monoisotopic (exact) mass is 382 g/mol. The summed E-state index contributed by atoms with van der Waals surface area (Å²) in [6.07, 6.45) is 1.47. The van der Waals surface area contributed by atoms with Crippen LogP contribution in [0.3, 0.4) is 0 Å². The summed E-state index contributed by atoms with van der Waals surface area (Å²) in [6.45, 7) is 2.74. The van der Waals surface area contributed by atoms with Gasteiger partial charge in [-0.1, -0.05) is 18.2 Å². The fourth-order valence-electron chi connectivity index (χ4n) is 3.58. The third-order valence-electron chi connectivity index (χ3n) is 5.13. The second-order valence-electron chi connectivity index (χ2n) is 6.91. The first-order chi connectivity index (χ1) is 13.6. The minimum Gasteiger partial charge on any atom is -0.467 e. The molecule has 28 heavy (non-hydrogen) atoms. The number of rotatable bonds is 5. The molecule has 0 saturated carbocycles. The number of amides is 4. The van der Waals surface area contributed by atoms with Crippen LogP contribution in [-0.2, 0) is 16.1 Å². The lowest BCUT2D eigenvalue weighted by Crippen LogP contribution is -2.50. The van der Waals surface area contributed by atoms with E-state index in [1.54, 1.807) is 17.0 Å². The lowest BCUT2D eigenvalue weighted by molar-refractivity contribution is -0.136. The molecule has 146 valence electrons. The van der Waals surface area contributed by atoms with Crippen LogP contribution in [-0.4, -0.2) is 59.9 Å². The Hall–Kier alpha value is -3.29. The third kappa shape index (κ3) is 3.71. The summed E-state index contributed by atoms with van der Waals surface area (Å²) in [5.74, 6) is 0.0105. The van der Waals surface area contributed by atoms with Gasteiger partial charge in [-0.05, 0) is 24.3 Å². The molecule has 0 bridgehead atoms. The molecule has 2 aliphatic rings. The normalized spacial score (nSPS) is 19.9. The molecule has 2 fully saturated rings. The molecule has 1 atom stereocenters. The molecule has 0 radical (unpaired) electrons. The Bertz CT molecular complexity index is 844. The van der Waals surface area contributed by atoms with Gasteiger partial charge >= 0.3 is 6.03 Å². The van der Waals surface area contributed by atoms with E-state index in [0.29, 0.717) is 18.8 Å². The van der Waals surface area contributed by atoms with Gasteiger partial charge in [0.05, 0.1) is 19.2 Å². The molecule has 1 aromatic carbocycles. The smallest absolute Gasteiger partial charge is 0.325 e. The van der Waals surface area contributed by atoms with Gasteiger partial charge in [-0.2, -0.15) is 0 Å². The molecule has 4 amide bonds. The highest BCUT2D eigenvalue weighted by Gasteiger charge is 2.40. The van der Waals surface area contributed by atoms with E-state index < -0.39 is 18.0 Å². The average molecular weight is 382 g/mol. The molecule has 2 aromatic rings. The molecular weight excluding hydrogens is 360 g/mol. The number of anilines is 1. The van der Waals surface area contributed by atoms with Crippen LogP contribution in [0.1, 0.15) is 12.2 Å².